The molecule has 0 radical (unpaired) electrons. The van der Waals surface area contributed by atoms with Crippen LogP contribution in [0.5, 0.6) is 11.5 Å². The van der Waals surface area contributed by atoms with Crippen LogP contribution in [0.4, 0.5) is 0 Å². The molecule has 0 fully saturated rings. The fourth-order valence-electron chi connectivity index (χ4n) is 1.53. The van der Waals surface area contributed by atoms with Gasteiger partial charge in [-0.15, -0.1) is 23.7 Å². The molecule has 3 N–H and O–H groups in total. The minimum Gasteiger partial charge on any atom is -0.507 e. The minimum absolute atomic E-state index is 0. The number of benzene rings is 1. The molecule has 0 amide bonds. The predicted molar refractivity (Wildman–Crippen MR) is 72.3 cm³/mol. The maximum absolute atomic E-state index is 9.84. The zero-order valence-corrected chi connectivity index (χ0v) is 10.9. The van der Waals surface area contributed by atoms with Crippen molar-refractivity contribution in [2.45, 2.75) is 6.04 Å². The quantitative estimate of drug-likeness (QED) is 0.902. The summed E-state index contributed by atoms with van der Waals surface area (Å²) in [5, 5.41) is 11.8. The van der Waals surface area contributed by atoms with Crippen molar-refractivity contribution in [3.8, 4) is 11.5 Å². The first-order chi connectivity index (χ1) is 7.72. The van der Waals surface area contributed by atoms with Gasteiger partial charge in [0, 0.05) is 16.5 Å². The first kappa shape index (κ1) is 13.8. The van der Waals surface area contributed by atoms with Gasteiger partial charge in [0.15, 0.2) is 0 Å². The Kier molecular flexibility index (Phi) is 4.81. The van der Waals surface area contributed by atoms with Gasteiger partial charge in [-0.3, -0.25) is 0 Å². The summed E-state index contributed by atoms with van der Waals surface area (Å²) in [6, 6.07) is 8.77. The van der Waals surface area contributed by atoms with E-state index in [0.29, 0.717) is 11.3 Å². The van der Waals surface area contributed by atoms with Crippen LogP contribution in [0.15, 0.2) is 35.7 Å². The molecular formula is C12H14ClNO2S. The number of thiophene rings is 1. The molecule has 0 spiro atoms. The molecule has 1 heterocycles. The van der Waals surface area contributed by atoms with Gasteiger partial charge in [-0.25, -0.2) is 0 Å². The van der Waals surface area contributed by atoms with E-state index in [1.807, 2.05) is 17.5 Å². The lowest BCUT2D eigenvalue weighted by atomic mass is 10.0. The molecule has 0 bridgehead atoms. The third kappa shape index (κ3) is 2.91. The number of rotatable bonds is 3. The zero-order valence-electron chi connectivity index (χ0n) is 9.29. The molecule has 0 saturated carbocycles. The standard InChI is InChI=1S/C12H13NO2S.ClH/c1-15-8-4-5-9(10(14)7-8)12(13)11-3-2-6-16-11;/h2-7,12,14H,13H2,1H3;1H/t12-;/m1./s1. The van der Waals surface area contributed by atoms with Gasteiger partial charge in [0.05, 0.1) is 13.2 Å². The van der Waals surface area contributed by atoms with Gasteiger partial charge in [0.25, 0.3) is 0 Å². The number of phenols is 1. The molecule has 1 aromatic carbocycles. The minimum atomic E-state index is -0.286. The maximum Gasteiger partial charge on any atom is 0.124 e. The number of phenolic OH excluding ortho intramolecular Hbond substituents is 1. The summed E-state index contributed by atoms with van der Waals surface area (Å²) in [6.45, 7) is 0. The Labute approximate surface area is 110 Å². The second kappa shape index (κ2) is 5.91. The third-order valence-corrected chi connectivity index (χ3v) is 3.38. The average Bonchev–Trinajstić information content (AvgIpc) is 2.81. The van der Waals surface area contributed by atoms with Gasteiger partial charge >= 0.3 is 0 Å². The summed E-state index contributed by atoms with van der Waals surface area (Å²) in [5.74, 6) is 0.792. The van der Waals surface area contributed by atoms with Crippen LogP contribution in [0.2, 0.25) is 0 Å². The lowest BCUT2D eigenvalue weighted by Gasteiger charge is -2.12. The highest BCUT2D eigenvalue weighted by atomic mass is 35.5. The summed E-state index contributed by atoms with van der Waals surface area (Å²) in [7, 11) is 1.56. The second-order valence-corrected chi connectivity index (χ2v) is 4.40. The van der Waals surface area contributed by atoms with Crippen LogP contribution in [-0.2, 0) is 0 Å². The van der Waals surface area contributed by atoms with Crippen LogP contribution >= 0.6 is 23.7 Å². The Balaban J connectivity index is 0.00000144. The molecule has 17 heavy (non-hydrogen) atoms. The van der Waals surface area contributed by atoms with E-state index in [1.54, 1.807) is 36.6 Å². The van der Waals surface area contributed by atoms with Crippen molar-refractivity contribution in [3.63, 3.8) is 0 Å². The molecule has 2 rings (SSSR count). The predicted octanol–water partition coefficient (Wildman–Crippen LogP) is 2.93. The molecule has 0 aliphatic heterocycles. The number of hydrogen-bond acceptors (Lipinski definition) is 4. The molecule has 92 valence electrons. The number of nitrogens with two attached hydrogens (primary N) is 1. The molecule has 0 saturated heterocycles. The highest BCUT2D eigenvalue weighted by Gasteiger charge is 2.14. The number of methoxy groups -OCH3 is 1. The van der Waals surface area contributed by atoms with Gasteiger partial charge in [-0.1, -0.05) is 6.07 Å². The van der Waals surface area contributed by atoms with E-state index in [4.69, 9.17) is 10.5 Å². The van der Waals surface area contributed by atoms with Gasteiger partial charge in [0.2, 0.25) is 0 Å². The van der Waals surface area contributed by atoms with Crippen LogP contribution in [0.3, 0.4) is 0 Å². The van der Waals surface area contributed by atoms with Crippen LogP contribution < -0.4 is 10.5 Å². The van der Waals surface area contributed by atoms with E-state index in [2.05, 4.69) is 0 Å². The molecule has 0 aliphatic rings. The summed E-state index contributed by atoms with van der Waals surface area (Å²) >= 11 is 1.58. The first-order valence-corrected chi connectivity index (χ1v) is 5.76. The lowest BCUT2D eigenvalue weighted by Crippen LogP contribution is -2.10. The van der Waals surface area contributed by atoms with Gasteiger partial charge in [-0.05, 0) is 23.6 Å². The van der Waals surface area contributed by atoms with Crippen LogP contribution in [0, 0.1) is 0 Å². The largest absolute Gasteiger partial charge is 0.507 e. The van der Waals surface area contributed by atoms with Crippen molar-refractivity contribution in [2.75, 3.05) is 7.11 Å². The molecule has 1 atom stereocenters. The monoisotopic (exact) mass is 271 g/mol. The van der Waals surface area contributed by atoms with E-state index in [9.17, 15) is 5.11 Å². The average molecular weight is 272 g/mol. The number of halogens is 1. The van der Waals surface area contributed by atoms with Gasteiger partial charge in [0.1, 0.15) is 11.5 Å². The van der Waals surface area contributed by atoms with Crippen LogP contribution in [0.25, 0.3) is 0 Å². The van der Waals surface area contributed by atoms with E-state index >= 15 is 0 Å². The molecule has 0 unspecified atom stereocenters. The zero-order chi connectivity index (χ0) is 11.5. The first-order valence-electron chi connectivity index (χ1n) is 4.88. The van der Waals surface area contributed by atoms with Crippen LogP contribution in [0.1, 0.15) is 16.5 Å². The Morgan fingerprint density at radius 2 is 2.12 bits per heavy atom. The van der Waals surface area contributed by atoms with E-state index in [0.717, 1.165) is 4.88 Å². The number of ether oxygens (including phenoxy) is 1. The molecule has 2 aromatic rings. The lowest BCUT2D eigenvalue weighted by molar-refractivity contribution is 0.406. The summed E-state index contributed by atoms with van der Waals surface area (Å²) in [6.07, 6.45) is 0. The Morgan fingerprint density at radius 3 is 2.65 bits per heavy atom. The Bertz CT molecular complexity index is 473. The third-order valence-electron chi connectivity index (χ3n) is 2.42. The van der Waals surface area contributed by atoms with Gasteiger partial charge in [-0.2, -0.15) is 0 Å². The molecule has 3 nitrogen and oxygen atoms in total. The second-order valence-electron chi connectivity index (χ2n) is 3.42. The molecule has 1 aromatic heterocycles. The molecule has 0 aliphatic carbocycles. The van der Waals surface area contributed by atoms with Crippen LogP contribution in [-0.4, -0.2) is 12.2 Å². The topological polar surface area (TPSA) is 55.5 Å². The Morgan fingerprint density at radius 1 is 1.35 bits per heavy atom. The fourth-order valence-corrected chi connectivity index (χ4v) is 2.28. The van der Waals surface area contributed by atoms with Crippen molar-refractivity contribution < 1.29 is 9.84 Å². The fraction of sp³-hybridized carbons (Fsp3) is 0.167. The molecular weight excluding hydrogens is 258 g/mol. The highest BCUT2D eigenvalue weighted by Crippen LogP contribution is 2.32. The molecule has 5 heteroatoms. The van der Waals surface area contributed by atoms with Crippen molar-refractivity contribution >= 4 is 23.7 Å². The summed E-state index contributed by atoms with van der Waals surface area (Å²) in [4.78, 5) is 1.03. The maximum atomic E-state index is 9.84. The highest BCUT2D eigenvalue weighted by molar-refractivity contribution is 7.10. The van der Waals surface area contributed by atoms with E-state index in [-0.39, 0.29) is 24.2 Å². The number of hydrogen-bond donors (Lipinski definition) is 2. The SMILES string of the molecule is COc1ccc([C@@H](N)c2cccs2)c(O)c1.Cl. The van der Waals surface area contributed by atoms with Gasteiger partial charge < -0.3 is 15.6 Å². The van der Waals surface area contributed by atoms with Crippen molar-refractivity contribution in [2.24, 2.45) is 5.73 Å². The Hall–Kier alpha value is -1.23. The number of aromatic hydroxyl groups is 1. The van der Waals surface area contributed by atoms with Crippen molar-refractivity contribution in [3.05, 3.63) is 46.2 Å². The smallest absolute Gasteiger partial charge is 0.124 e. The normalized spacial score (nSPS) is 11.6. The summed E-state index contributed by atoms with van der Waals surface area (Å²) < 4.78 is 5.02. The summed E-state index contributed by atoms with van der Waals surface area (Å²) in [5.41, 5.74) is 6.77. The van der Waals surface area contributed by atoms with E-state index in [1.165, 1.54) is 0 Å². The van der Waals surface area contributed by atoms with E-state index < -0.39 is 0 Å². The van der Waals surface area contributed by atoms with Crippen molar-refractivity contribution in [1.29, 1.82) is 0 Å². The van der Waals surface area contributed by atoms with Crippen molar-refractivity contribution in [1.82, 2.24) is 0 Å².